The fourth-order valence-electron chi connectivity index (χ4n) is 1.66. The summed E-state index contributed by atoms with van der Waals surface area (Å²) in [6, 6.07) is 5.62. The highest BCUT2D eigenvalue weighted by Crippen LogP contribution is 2.20. The number of nitrogens with one attached hydrogen (secondary N) is 1. The zero-order valence-electron chi connectivity index (χ0n) is 8.17. The molecule has 74 valence electrons. The molecule has 0 aliphatic carbocycles. The maximum absolute atomic E-state index is 11.4. The summed E-state index contributed by atoms with van der Waals surface area (Å²) in [7, 11) is 0. The maximum atomic E-state index is 11.4. The van der Waals surface area contributed by atoms with Gasteiger partial charge in [-0.1, -0.05) is 0 Å². The number of fused-ring (bicyclic) bond motifs is 1. The summed E-state index contributed by atoms with van der Waals surface area (Å²) < 4.78 is 5.38. The van der Waals surface area contributed by atoms with Crippen molar-refractivity contribution in [1.29, 1.82) is 0 Å². The standard InChI is InChI=1S/C11H13NO2/c1-2-14-9-3-4-10-8(7-9)5-6-12-11(10)13/h3-4,7H,2,5-6H2,1H3,(H,12,13). The van der Waals surface area contributed by atoms with Gasteiger partial charge < -0.3 is 10.1 Å². The highest BCUT2D eigenvalue weighted by atomic mass is 16.5. The average molecular weight is 191 g/mol. The van der Waals surface area contributed by atoms with Crippen molar-refractivity contribution in [2.75, 3.05) is 13.2 Å². The van der Waals surface area contributed by atoms with Crippen LogP contribution in [0.5, 0.6) is 5.75 Å². The summed E-state index contributed by atoms with van der Waals surface area (Å²) in [5.74, 6) is 0.871. The van der Waals surface area contributed by atoms with Crippen LogP contribution < -0.4 is 10.1 Å². The molecule has 0 spiro atoms. The summed E-state index contributed by atoms with van der Waals surface area (Å²) in [6.45, 7) is 3.33. The largest absolute Gasteiger partial charge is 0.494 e. The second-order valence-corrected chi connectivity index (χ2v) is 3.26. The van der Waals surface area contributed by atoms with E-state index in [1.165, 1.54) is 0 Å². The zero-order chi connectivity index (χ0) is 9.97. The second kappa shape index (κ2) is 3.70. The zero-order valence-corrected chi connectivity index (χ0v) is 8.17. The van der Waals surface area contributed by atoms with E-state index in [0.717, 1.165) is 29.8 Å². The van der Waals surface area contributed by atoms with E-state index in [1.54, 1.807) is 0 Å². The van der Waals surface area contributed by atoms with Gasteiger partial charge in [-0.2, -0.15) is 0 Å². The molecule has 0 fully saturated rings. The van der Waals surface area contributed by atoms with E-state index in [4.69, 9.17) is 4.74 Å². The molecule has 1 N–H and O–H groups in total. The van der Waals surface area contributed by atoms with Crippen molar-refractivity contribution >= 4 is 5.91 Å². The van der Waals surface area contributed by atoms with E-state index < -0.39 is 0 Å². The lowest BCUT2D eigenvalue weighted by molar-refractivity contribution is 0.0946. The SMILES string of the molecule is CCOc1ccc2c(c1)CCNC2=O. The van der Waals surface area contributed by atoms with Gasteiger partial charge in [-0.05, 0) is 37.1 Å². The van der Waals surface area contributed by atoms with Gasteiger partial charge in [-0.3, -0.25) is 4.79 Å². The molecule has 1 aliphatic heterocycles. The molecule has 1 aliphatic rings. The number of ether oxygens (including phenoxy) is 1. The van der Waals surface area contributed by atoms with Crippen LogP contribution in [0.25, 0.3) is 0 Å². The number of rotatable bonds is 2. The van der Waals surface area contributed by atoms with Crippen LogP contribution in [0.4, 0.5) is 0 Å². The van der Waals surface area contributed by atoms with Crippen molar-refractivity contribution in [2.45, 2.75) is 13.3 Å². The summed E-state index contributed by atoms with van der Waals surface area (Å²) in [5.41, 5.74) is 1.86. The van der Waals surface area contributed by atoms with Gasteiger partial charge in [0.05, 0.1) is 6.61 Å². The highest BCUT2D eigenvalue weighted by molar-refractivity contribution is 5.96. The predicted octanol–water partition coefficient (Wildman–Crippen LogP) is 1.37. The normalized spacial score (nSPS) is 14.5. The smallest absolute Gasteiger partial charge is 0.251 e. The lowest BCUT2D eigenvalue weighted by Crippen LogP contribution is -2.31. The molecule has 0 bridgehead atoms. The fraction of sp³-hybridized carbons (Fsp3) is 0.364. The highest BCUT2D eigenvalue weighted by Gasteiger charge is 2.16. The number of carbonyl (C=O) groups is 1. The van der Waals surface area contributed by atoms with Crippen LogP contribution in [0.15, 0.2) is 18.2 Å². The van der Waals surface area contributed by atoms with E-state index in [9.17, 15) is 4.79 Å². The minimum atomic E-state index is 0.0225. The summed E-state index contributed by atoms with van der Waals surface area (Å²) in [6.07, 6.45) is 0.891. The third-order valence-corrected chi connectivity index (χ3v) is 2.31. The van der Waals surface area contributed by atoms with Crippen molar-refractivity contribution in [3.63, 3.8) is 0 Å². The first-order valence-electron chi connectivity index (χ1n) is 4.85. The Hall–Kier alpha value is -1.51. The quantitative estimate of drug-likeness (QED) is 0.766. The molecule has 0 radical (unpaired) electrons. The van der Waals surface area contributed by atoms with Gasteiger partial charge in [0.25, 0.3) is 5.91 Å². The molecule has 0 aromatic heterocycles. The fourth-order valence-corrected chi connectivity index (χ4v) is 1.66. The second-order valence-electron chi connectivity index (χ2n) is 3.26. The third-order valence-electron chi connectivity index (χ3n) is 2.31. The van der Waals surface area contributed by atoms with E-state index in [0.29, 0.717) is 6.61 Å². The average Bonchev–Trinajstić information content (AvgIpc) is 2.18. The van der Waals surface area contributed by atoms with Gasteiger partial charge in [-0.25, -0.2) is 0 Å². The monoisotopic (exact) mass is 191 g/mol. The molecule has 2 rings (SSSR count). The van der Waals surface area contributed by atoms with E-state index >= 15 is 0 Å². The molecule has 1 amide bonds. The Kier molecular flexibility index (Phi) is 2.39. The molecule has 3 heteroatoms. The van der Waals surface area contributed by atoms with E-state index in [1.807, 2.05) is 25.1 Å². The Morgan fingerprint density at radius 1 is 1.50 bits per heavy atom. The van der Waals surface area contributed by atoms with Gasteiger partial charge in [-0.15, -0.1) is 0 Å². The molecular weight excluding hydrogens is 178 g/mol. The van der Waals surface area contributed by atoms with Crippen molar-refractivity contribution in [3.8, 4) is 5.75 Å². The Labute approximate surface area is 83.1 Å². The number of amides is 1. The molecule has 0 unspecified atom stereocenters. The first kappa shape index (κ1) is 9.06. The maximum Gasteiger partial charge on any atom is 0.251 e. The molecule has 3 nitrogen and oxygen atoms in total. The van der Waals surface area contributed by atoms with Crippen LogP contribution in [0.1, 0.15) is 22.8 Å². The molecular formula is C11H13NO2. The van der Waals surface area contributed by atoms with Crippen molar-refractivity contribution in [1.82, 2.24) is 5.32 Å². The molecule has 0 saturated heterocycles. The summed E-state index contributed by atoms with van der Waals surface area (Å²) in [5, 5.41) is 2.81. The van der Waals surface area contributed by atoms with E-state index in [2.05, 4.69) is 5.32 Å². The van der Waals surface area contributed by atoms with Crippen LogP contribution in [-0.2, 0) is 6.42 Å². The molecule has 1 aromatic rings. The summed E-state index contributed by atoms with van der Waals surface area (Å²) >= 11 is 0. The summed E-state index contributed by atoms with van der Waals surface area (Å²) in [4.78, 5) is 11.4. The Morgan fingerprint density at radius 2 is 2.36 bits per heavy atom. The van der Waals surface area contributed by atoms with Gasteiger partial charge >= 0.3 is 0 Å². The Balaban J connectivity index is 2.34. The van der Waals surface area contributed by atoms with Crippen LogP contribution in [0.3, 0.4) is 0 Å². The van der Waals surface area contributed by atoms with Crippen LogP contribution in [0, 0.1) is 0 Å². The topological polar surface area (TPSA) is 38.3 Å². The minimum absolute atomic E-state index is 0.0225. The van der Waals surface area contributed by atoms with Crippen molar-refractivity contribution in [3.05, 3.63) is 29.3 Å². The molecule has 0 atom stereocenters. The van der Waals surface area contributed by atoms with Gasteiger partial charge in [0.1, 0.15) is 5.75 Å². The Bertz CT molecular complexity index is 360. The van der Waals surface area contributed by atoms with E-state index in [-0.39, 0.29) is 5.91 Å². The van der Waals surface area contributed by atoms with Crippen LogP contribution in [0.2, 0.25) is 0 Å². The lowest BCUT2D eigenvalue weighted by Gasteiger charge is -2.17. The third kappa shape index (κ3) is 1.58. The number of hydrogen-bond donors (Lipinski definition) is 1. The minimum Gasteiger partial charge on any atom is -0.494 e. The van der Waals surface area contributed by atoms with Crippen LogP contribution >= 0.6 is 0 Å². The molecule has 14 heavy (non-hydrogen) atoms. The lowest BCUT2D eigenvalue weighted by atomic mass is 10.0. The van der Waals surface area contributed by atoms with Crippen molar-refractivity contribution < 1.29 is 9.53 Å². The van der Waals surface area contributed by atoms with Gasteiger partial charge in [0.2, 0.25) is 0 Å². The number of hydrogen-bond acceptors (Lipinski definition) is 2. The van der Waals surface area contributed by atoms with Gasteiger partial charge in [0, 0.05) is 12.1 Å². The number of carbonyl (C=O) groups excluding carboxylic acids is 1. The molecule has 0 saturated carbocycles. The Morgan fingerprint density at radius 3 is 3.14 bits per heavy atom. The number of benzene rings is 1. The first-order chi connectivity index (χ1) is 6.81. The van der Waals surface area contributed by atoms with Gasteiger partial charge in [0.15, 0.2) is 0 Å². The van der Waals surface area contributed by atoms with Crippen molar-refractivity contribution in [2.24, 2.45) is 0 Å². The van der Waals surface area contributed by atoms with Crippen LogP contribution in [-0.4, -0.2) is 19.1 Å². The first-order valence-corrected chi connectivity index (χ1v) is 4.85. The molecule has 1 heterocycles. The molecule has 1 aromatic carbocycles. The predicted molar refractivity (Wildman–Crippen MR) is 53.6 cm³/mol.